The molecule has 30 heavy (non-hydrogen) atoms. The van der Waals surface area contributed by atoms with Crippen LogP contribution in [0.2, 0.25) is 0 Å². The molecule has 0 atom stereocenters. The predicted octanol–water partition coefficient (Wildman–Crippen LogP) is 4.90. The summed E-state index contributed by atoms with van der Waals surface area (Å²) in [5.41, 5.74) is 1.98. The van der Waals surface area contributed by atoms with Gasteiger partial charge in [-0.3, -0.25) is 0 Å². The molecule has 0 unspecified atom stereocenters. The highest BCUT2D eigenvalue weighted by Crippen LogP contribution is 2.36. The van der Waals surface area contributed by atoms with Gasteiger partial charge in [-0.05, 0) is 31.2 Å². The van der Waals surface area contributed by atoms with Crippen LogP contribution in [0.25, 0.3) is 33.5 Å². The number of aryl methyl sites for hydroxylation is 2. The van der Waals surface area contributed by atoms with Crippen molar-refractivity contribution in [2.24, 2.45) is 7.05 Å². The number of aromatic nitrogens is 3. The van der Waals surface area contributed by atoms with Crippen LogP contribution in [-0.2, 0) is 18.3 Å². The fraction of sp³-hybridized carbons (Fsp3) is 0.238. The summed E-state index contributed by atoms with van der Waals surface area (Å²) in [7, 11) is 2.77. The zero-order chi connectivity index (χ0) is 21.6. The first kappa shape index (κ1) is 19.8. The normalized spacial score (nSPS) is 11.9. The van der Waals surface area contributed by atoms with Gasteiger partial charge in [0.2, 0.25) is 0 Å². The van der Waals surface area contributed by atoms with Gasteiger partial charge in [0.15, 0.2) is 11.6 Å². The Morgan fingerprint density at radius 3 is 2.57 bits per heavy atom. The van der Waals surface area contributed by atoms with E-state index in [0.717, 1.165) is 29.8 Å². The number of esters is 1. The highest BCUT2D eigenvalue weighted by molar-refractivity contribution is 5.97. The van der Waals surface area contributed by atoms with Crippen LogP contribution >= 0.6 is 0 Å². The number of benzene rings is 2. The van der Waals surface area contributed by atoms with Gasteiger partial charge in [0.25, 0.3) is 0 Å². The third kappa shape index (κ3) is 3.26. The van der Waals surface area contributed by atoms with Crippen LogP contribution in [0.15, 0.2) is 42.5 Å². The number of ether oxygens (including phenoxy) is 2. The molecule has 0 radical (unpaired) electrons. The Hall–Kier alpha value is -3.49. The van der Waals surface area contributed by atoms with E-state index in [-0.39, 0.29) is 16.6 Å². The molecule has 2 heterocycles. The number of halogens is 3. The third-order valence-electron chi connectivity index (χ3n) is 4.94. The van der Waals surface area contributed by atoms with Gasteiger partial charge in [-0.1, -0.05) is 18.2 Å². The molecule has 156 valence electrons. The Labute approximate surface area is 169 Å². The first-order valence-corrected chi connectivity index (χ1v) is 9.16. The predicted molar refractivity (Wildman–Crippen MR) is 105 cm³/mol. The van der Waals surface area contributed by atoms with Crippen LogP contribution in [0.1, 0.15) is 17.3 Å². The minimum atomic E-state index is -4.93. The van der Waals surface area contributed by atoms with E-state index < -0.39 is 18.1 Å². The lowest BCUT2D eigenvalue weighted by Gasteiger charge is -2.12. The molecule has 0 bridgehead atoms. The van der Waals surface area contributed by atoms with E-state index in [2.05, 4.69) is 14.5 Å². The van der Waals surface area contributed by atoms with Crippen LogP contribution in [-0.4, -0.2) is 33.6 Å². The van der Waals surface area contributed by atoms with Gasteiger partial charge in [-0.25, -0.2) is 9.78 Å². The number of hydrogen-bond acceptors (Lipinski definition) is 4. The van der Waals surface area contributed by atoms with Gasteiger partial charge in [-0.15, -0.1) is 13.2 Å². The largest absolute Gasteiger partial charge is 0.573 e. The molecule has 4 aromatic rings. The Morgan fingerprint density at radius 1 is 1.17 bits per heavy atom. The number of carbonyl (C=O) groups is 1. The minimum Gasteiger partial charge on any atom is -0.465 e. The minimum absolute atomic E-state index is 0.0788. The molecule has 2 aromatic heterocycles. The van der Waals surface area contributed by atoms with E-state index in [0.29, 0.717) is 12.4 Å². The number of rotatable bonds is 4. The van der Waals surface area contributed by atoms with Gasteiger partial charge < -0.3 is 18.6 Å². The van der Waals surface area contributed by atoms with E-state index in [9.17, 15) is 18.0 Å². The molecule has 4 rings (SSSR count). The van der Waals surface area contributed by atoms with Crippen molar-refractivity contribution in [3.05, 3.63) is 48.0 Å². The number of para-hydroxylation sites is 1. The lowest BCUT2D eigenvalue weighted by atomic mass is 10.2. The van der Waals surface area contributed by atoms with Gasteiger partial charge in [0, 0.05) is 24.5 Å². The molecule has 0 aliphatic rings. The number of methoxy groups -OCH3 is 1. The van der Waals surface area contributed by atoms with Crippen molar-refractivity contribution in [3.8, 4) is 17.3 Å². The molecule has 0 aliphatic heterocycles. The Morgan fingerprint density at radius 2 is 1.90 bits per heavy atom. The molecule has 2 aromatic carbocycles. The van der Waals surface area contributed by atoms with Crippen molar-refractivity contribution in [2.45, 2.75) is 19.8 Å². The van der Waals surface area contributed by atoms with Crippen molar-refractivity contribution in [1.82, 2.24) is 14.1 Å². The second-order valence-electron chi connectivity index (χ2n) is 6.71. The Bertz CT molecular complexity index is 1270. The summed E-state index contributed by atoms with van der Waals surface area (Å²) in [5.74, 6) is -0.836. The second-order valence-corrected chi connectivity index (χ2v) is 6.71. The van der Waals surface area contributed by atoms with Gasteiger partial charge in [0.1, 0.15) is 5.52 Å². The van der Waals surface area contributed by atoms with Crippen molar-refractivity contribution in [1.29, 1.82) is 0 Å². The average molecular weight is 417 g/mol. The standard InChI is InChI=1S/C21H18F3N3O3/c1-4-27-15-8-6-5-7-12(15)10-16(27)19-25-14-9-13(20(28)29-3)11-17(18(14)26(19)2)30-21(22,23)24/h5-11H,4H2,1-3H3. The number of nitrogens with zero attached hydrogens (tertiary/aromatic N) is 3. The molecule has 6 nitrogen and oxygen atoms in total. The molecule has 0 spiro atoms. The molecule has 0 saturated heterocycles. The summed E-state index contributed by atoms with van der Waals surface area (Å²) in [6, 6.07) is 12.1. The van der Waals surface area contributed by atoms with Crippen LogP contribution in [0.4, 0.5) is 13.2 Å². The van der Waals surface area contributed by atoms with Crippen molar-refractivity contribution in [2.75, 3.05) is 7.11 Å². The summed E-state index contributed by atoms with van der Waals surface area (Å²) >= 11 is 0. The average Bonchev–Trinajstić information content (AvgIpc) is 3.23. The Balaban J connectivity index is 2.00. The zero-order valence-electron chi connectivity index (χ0n) is 16.4. The number of imidazole rings is 1. The molecule has 0 saturated carbocycles. The molecule has 0 aliphatic carbocycles. The van der Waals surface area contributed by atoms with E-state index in [1.54, 1.807) is 7.05 Å². The summed E-state index contributed by atoms with van der Waals surface area (Å²) in [4.78, 5) is 16.5. The fourth-order valence-corrected chi connectivity index (χ4v) is 3.71. The fourth-order valence-electron chi connectivity index (χ4n) is 3.71. The van der Waals surface area contributed by atoms with Crippen molar-refractivity contribution >= 4 is 27.9 Å². The highest BCUT2D eigenvalue weighted by Gasteiger charge is 2.33. The zero-order valence-corrected chi connectivity index (χ0v) is 16.4. The van der Waals surface area contributed by atoms with E-state index in [1.807, 2.05) is 41.8 Å². The number of fused-ring (bicyclic) bond motifs is 2. The van der Waals surface area contributed by atoms with Crippen molar-refractivity contribution < 1.29 is 27.4 Å². The summed E-state index contributed by atoms with van der Waals surface area (Å²) in [6.45, 7) is 2.62. The van der Waals surface area contributed by atoms with Crippen LogP contribution in [0.3, 0.4) is 0 Å². The summed E-state index contributed by atoms with van der Waals surface area (Å²) < 4.78 is 51.5. The maximum absolute atomic E-state index is 13.0. The third-order valence-corrected chi connectivity index (χ3v) is 4.94. The quantitative estimate of drug-likeness (QED) is 0.443. The smallest absolute Gasteiger partial charge is 0.465 e. The SMILES string of the molecule is CCn1c(-c2nc3cc(C(=O)OC)cc(OC(F)(F)F)c3n2C)cc2ccccc21. The summed E-state index contributed by atoms with van der Waals surface area (Å²) in [5, 5.41) is 0.989. The van der Waals surface area contributed by atoms with Gasteiger partial charge >= 0.3 is 12.3 Å². The number of hydrogen-bond donors (Lipinski definition) is 0. The monoisotopic (exact) mass is 417 g/mol. The molecule has 0 N–H and O–H groups in total. The second kappa shape index (κ2) is 7.08. The maximum Gasteiger partial charge on any atom is 0.573 e. The topological polar surface area (TPSA) is 58.3 Å². The van der Waals surface area contributed by atoms with E-state index in [1.165, 1.54) is 10.6 Å². The van der Waals surface area contributed by atoms with E-state index >= 15 is 0 Å². The number of alkyl halides is 3. The molecular formula is C21H18F3N3O3. The van der Waals surface area contributed by atoms with Crippen LogP contribution < -0.4 is 4.74 Å². The molecule has 9 heteroatoms. The molecule has 0 amide bonds. The first-order valence-electron chi connectivity index (χ1n) is 9.16. The molecule has 0 fully saturated rings. The van der Waals surface area contributed by atoms with Crippen molar-refractivity contribution in [3.63, 3.8) is 0 Å². The Kier molecular flexibility index (Phi) is 4.68. The van der Waals surface area contributed by atoms with E-state index in [4.69, 9.17) is 0 Å². The van der Waals surface area contributed by atoms with Gasteiger partial charge in [-0.2, -0.15) is 0 Å². The lowest BCUT2D eigenvalue weighted by molar-refractivity contribution is -0.274. The summed E-state index contributed by atoms with van der Waals surface area (Å²) in [6.07, 6.45) is -4.93. The number of carbonyl (C=O) groups excluding carboxylic acids is 1. The lowest BCUT2D eigenvalue weighted by Crippen LogP contribution is -2.18. The van der Waals surface area contributed by atoms with Crippen LogP contribution in [0.5, 0.6) is 5.75 Å². The first-order chi connectivity index (χ1) is 14.2. The van der Waals surface area contributed by atoms with Crippen LogP contribution in [0, 0.1) is 0 Å². The molecular weight excluding hydrogens is 399 g/mol. The maximum atomic E-state index is 13.0. The van der Waals surface area contributed by atoms with Gasteiger partial charge in [0.05, 0.1) is 23.9 Å². The highest BCUT2D eigenvalue weighted by atomic mass is 19.4.